The molecule has 2 atom stereocenters. The largest absolute Gasteiger partial charge is 0.357 e. The minimum Gasteiger partial charge on any atom is -0.357 e. The van der Waals surface area contributed by atoms with Crippen molar-refractivity contribution in [2.24, 2.45) is 0 Å². The molecule has 14 heavy (non-hydrogen) atoms. The Kier molecular flexibility index (Phi) is 3.93. The Morgan fingerprint density at radius 1 is 1.29 bits per heavy atom. The fourth-order valence-electron chi connectivity index (χ4n) is 1.53. The van der Waals surface area contributed by atoms with Crippen LogP contribution in [0.3, 0.4) is 0 Å². The van der Waals surface area contributed by atoms with Gasteiger partial charge < -0.3 is 4.74 Å². The number of nitrogens with one attached hydrogen (secondary N) is 1. The highest BCUT2D eigenvalue weighted by Gasteiger charge is 2.21. The molecule has 2 rings (SSSR count). The molecule has 3 heteroatoms. The molecule has 0 radical (unpaired) electrons. The first kappa shape index (κ1) is 11.5. The maximum atomic E-state index is 5.58. The lowest BCUT2D eigenvalue weighted by molar-refractivity contribution is 0.101. The second-order valence-electron chi connectivity index (χ2n) is 3.69. The van der Waals surface area contributed by atoms with E-state index in [1.807, 2.05) is 0 Å². The average Bonchev–Trinajstić information content (AvgIpc) is 2.53. The van der Waals surface area contributed by atoms with Crippen LogP contribution < -0.4 is 5.32 Å². The van der Waals surface area contributed by atoms with Crippen molar-refractivity contribution in [2.75, 3.05) is 6.61 Å². The zero-order valence-corrected chi connectivity index (χ0v) is 9.30. The van der Waals surface area contributed by atoms with Crippen molar-refractivity contribution in [3.05, 3.63) is 35.4 Å². The standard InChI is InChI=1S/C11H15NO.ClH/c1-8-3-5-10(6-4-8)11-12-9(2)7-13-11;/h3-6,9,11-12H,7H2,1-2H3;1H. The van der Waals surface area contributed by atoms with E-state index in [4.69, 9.17) is 4.74 Å². The Hall–Kier alpha value is -0.570. The third kappa shape index (κ3) is 2.47. The molecule has 0 saturated carbocycles. The first-order valence-corrected chi connectivity index (χ1v) is 4.70. The molecule has 1 heterocycles. The summed E-state index contributed by atoms with van der Waals surface area (Å²) in [7, 11) is 0. The van der Waals surface area contributed by atoms with Gasteiger partial charge in [0.05, 0.1) is 6.61 Å². The van der Waals surface area contributed by atoms with Gasteiger partial charge in [0.2, 0.25) is 0 Å². The van der Waals surface area contributed by atoms with Crippen LogP contribution in [-0.4, -0.2) is 12.6 Å². The Morgan fingerprint density at radius 3 is 2.43 bits per heavy atom. The molecule has 2 nitrogen and oxygen atoms in total. The highest BCUT2D eigenvalue weighted by atomic mass is 35.5. The van der Waals surface area contributed by atoms with E-state index in [1.54, 1.807) is 0 Å². The summed E-state index contributed by atoms with van der Waals surface area (Å²) in [5.41, 5.74) is 2.50. The summed E-state index contributed by atoms with van der Waals surface area (Å²) in [5.74, 6) is 0. The van der Waals surface area contributed by atoms with Gasteiger partial charge in [0.15, 0.2) is 0 Å². The summed E-state index contributed by atoms with van der Waals surface area (Å²) in [6.45, 7) is 5.03. The molecule has 0 amide bonds. The van der Waals surface area contributed by atoms with Crippen molar-refractivity contribution < 1.29 is 4.74 Å². The van der Waals surface area contributed by atoms with Gasteiger partial charge in [-0.25, -0.2) is 0 Å². The van der Waals surface area contributed by atoms with Crippen LogP contribution in [0.1, 0.15) is 24.3 Å². The van der Waals surface area contributed by atoms with E-state index in [9.17, 15) is 0 Å². The zero-order valence-electron chi connectivity index (χ0n) is 8.49. The molecule has 0 spiro atoms. The van der Waals surface area contributed by atoms with Gasteiger partial charge >= 0.3 is 0 Å². The van der Waals surface area contributed by atoms with Gasteiger partial charge in [-0.15, -0.1) is 12.4 Å². The van der Waals surface area contributed by atoms with Crippen molar-refractivity contribution in [1.29, 1.82) is 0 Å². The summed E-state index contributed by atoms with van der Waals surface area (Å²) in [4.78, 5) is 0. The molecule has 2 unspecified atom stereocenters. The molecular formula is C11H16ClNO. The van der Waals surface area contributed by atoms with Gasteiger partial charge in [0.1, 0.15) is 6.23 Å². The number of hydrogen-bond acceptors (Lipinski definition) is 2. The van der Waals surface area contributed by atoms with Gasteiger partial charge in [-0.05, 0) is 19.4 Å². The summed E-state index contributed by atoms with van der Waals surface area (Å²) in [6.07, 6.45) is 0.0931. The third-order valence-electron chi connectivity index (χ3n) is 2.33. The molecule has 1 aliphatic rings. The molecule has 0 aromatic heterocycles. The molecule has 0 aliphatic carbocycles. The van der Waals surface area contributed by atoms with Crippen LogP contribution in [0.5, 0.6) is 0 Å². The van der Waals surface area contributed by atoms with E-state index >= 15 is 0 Å². The number of rotatable bonds is 1. The van der Waals surface area contributed by atoms with E-state index in [2.05, 4.69) is 43.4 Å². The SMILES string of the molecule is Cc1ccc(C2NC(C)CO2)cc1.Cl. The number of halogens is 1. The van der Waals surface area contributed by atoms with Crippen LogP contribution >= 0.6 is 12.4 Å². The van der Waals surface area contributed by atoms with E-state index < -0.39 is 0 Å². The second-order valence-corrected chi connectivity index (χ2v) is 3.69. The second kappa shape index (κ2) is 4.78. The molecule has 1 aliphatic heterocycles. The van der Waals surface area contributed by atoms with Crippen LogP contribution in [0, 0.1) is 6.92 Å². The lowest BCUT2D eigenvalue weighted by Gasteiger charge is -2.10. The van der Waals surface area contributed by atoms with Crippen molar-refractivity contribution in [2.45, 2.75) is 26.1 Å². The summed E-state index contributed by atoms with van der Waals surface area (Å²) in [5, 5.41) is 3.37. The molecule has 0 bridgehead atoms. The predicted octanol–water partition coefficient (Wildman–Crippen LogP) is 2.42. The first-order chi connectivity index (χ1) is 6.25. The highest BCUT2D eigenvalue weighted by molar-refractivity contribution is 5.85. The topological polar surface area (TPSA) is 21.3 Å². The minimum atomic E-state index is 0. The summed E-state index contributed by atoms with van der Waals surface area (Å²) in [6, 6.07) is 8.93. The fourth-order valence-corrected chi connectivity index (χ4v) is 1.53. The van der Waals surface area contributed by atoms with Crippen molar-refractivity contribution in [3.63, 3.8) is 0 Å². The van der Waals surface area contributed by atoms with Crippen LogP contribution in [0.25, 0.3) is 0 Å². The molecule has 1 fully saturated rings. The van der Waals surface area contributed by atoms with Crippen LogP contribution in [-0.2, 0) is 4.74 Å². The van der Waals surface area contributed by atoms with Gasteiger partial charge in [-0.3, -0.25) is 5.32 Å². The molecular weight excluding hydrogens is 198 g/mol. The third-order valence-corrected chi connectivity index (χ3v) is 2.33. The number of ether oxygens (including phenoxy) is 1. The van der Waals surface area contributed by atoms with Gasteiger partial charge in [0.25, 0.3) is 0 Å². The van der Waals surface area contributed by atoms with E-state index in [1.165, 1.54) is 11.1 Å². The van der Waals surface area contributed by atoms with E-state index in [-0.39, 0.29) is 18.6 Å². The monoisotopic (exact) mass is 213 g/mol. The van der Waals surface area contributed by atoms with E-state index in [0.717, 1.165) is 6.61 Å². The van der Waals surface area contributed by atoms with Gasteiger partial charge in [-0.1, -0.05) is 29.8 Å². The lowest BCUT2D eigenvalue weighted by Crippen LogP contribution is -2.22. The Labute approximate surface area is 91.1 Å². The Morgan fingerprint density at radius 2 is 1.93 bits per heavy atom. The van der Waals surface area contributed by atoms with Crippen molar-refractivity contribution in [1.82, 2.24) is 5.32 Å². The zero-order chi connectivity index (χ0) is 9.26. The molecule has 1 saturated heterocycles. The lowest BCUT2D eigenvalue weighted by atomic mass is 10.1. The molecule has 1 N–H and O–H groups in total. The molecule has 1 aromatic carbocycles. The van der Waals surface area contributed by atoms with Crippen LogP contribution in [0.15, 0.2) is 24.3 Å². The van der Waals surface area contributed by atoms with Crippen LogP contribution in [0.4, 0.5) is 0 Å². The summed E-state index contributed by atoms with van der Waals surface area (Å²) < 4.78 is 5.58. The number of benzene rings is 1. The smallest absolute Gasteiger partial charge is 0.134 e. The molecule has 78 valence electrons. The summed E-state index contributed by atoms with van der Waals surface area (Å²) >= 11 is 0. The minimum absolute atomic E-state index is 0. The first-order valence-electron chi connectivity index (χ1n) is 4.70. The van der Waals surface area contributed by atoms with Gasteiger partial charge in [0, 0.05) is 6.04 Å². The quantitative estimate of drug-likeness (QED) is 0.774. The van der Waals surface area contributed by atoms with Gasteiger partial charge in [-0.2, -0.15) is 0 Å². The van der Waals surface area contributed by atoms with Crippen molar-refractivity contribution in [3.8, 4) is 0 Å². The van der Waals surface area contributed by atoms with Crippen LogP contribution in [0.2, 0.25) is 0 Å². The maximum absolute atomic E-state index is 5.58. The van der Waals surface area contributed by atoms with E-state index in [0.29, 0.717) is 6.04 Å². The highest BCUT2D eigenvalue weighted by Crippen LogP contribution is 2.20. The Bertz CT molecular complexity index is 286. The average molecular weight is 214 g/mol. The predicted molar refractivity (Wildman–Crippen MR) is 59.7 cm³/mol. The van der Waals surface area contributed by atoms with Crippen molar-refractivity contribution >= 4 is 12.4 Å². The Balaban J connectivity index is 0.000000980. The fraction of sp³-hybridized carbons (Fsp3) is 0.455. The number of hydrogen-bond donors (Lipinski definition) is 1. The number of aryl methyl sites for hydroxylation is 1. The molecule has 1 aromatic rings. The maximum Gasteiger partial charge on any atom is 0.134 e. The normalized spacial score (nSPS) is 25.9.